The van der Waals surface area contributed by atoms with E-state index in [1.807, 2.05) is 115 Å². The molecule has 0 aliphatic heterocycles. The average molecular weight is 915 g/mol. The first kappa shape index (κ1) is 42.5. The standard InChI is InChI=1S/C64H34N8/c1-68-51-13-5-11-45(30-51)49-18-23-61-56(34-49)57-35-50(46-12-6-14-52(31-46)69-2)19-24-62(57)72(61)64-29-42(38-67)15-20-53(64)58-39-70-26-25-63(58)71-59-21-16-47(43-9-3-7-40(27-43)36-65)32-54(59)55-33-48(17-22-60(55)71)44-10-4-8-41(28-44)37-66/h3-35,39H. The van der Waals surface area contributed by atoms with Gasteiger partial charge >= 0.3 is 0 Å². The molecule has 3 heterocycles. The molecule has 8 nitrogen and oxygen atoms in total. The number of nitrogens with zero attached hydrogens (tertiary/aromatic N) is 8. The number of fused-ring (bicyclic) bond motifs is 6. The molecule has 0 atom stereocenters. The van der Waals surface area contributed by atoms with Gasteiger partial charge in [-0.15, -0.1) is 0 Å². The molecule has 0 aliphatic carbocycles. The molecule has 0 N–H and O–H groups in total. The van der Waals surface area contributed by atoms with Gasteiger partial charge in [0.25, 0.3) is 0 Å². The van der Waals surface area contributed by atoms with Gasteiger partial charge in [-0.2, -0.15) is 15.8 Å². The fourth-order valence-electron chi connectivity index (χ4n) is 10.1. The number of hydrogen-bond donors (Lipinski definition) is 0. The molecule has 0 aliphatic rings. The predicted molar refractivity (Wildman–Crippen MR) is 287 cm³/mol. The zero-order valence-corrected chi connectivity index (χ0v) is 38.2. The van der Waals surface area contributed by atoms with Gasteiger partial charge in [0.05, 0.1) is 81.5 Å². The summed E-state index contributed by atoms with van der Waals surface area (Å²) >= 11 is 0. The SMILES string of the molecule is [C-]#[N+]c1cccc(-c2ccc3c(c2)c2cc(-c4cccc([N+]#[C-])c4)ccc2n3-c2cc(C#N)ccc2-c2cnccc2-n2c3ccc(-c4cccc(C#N)c4)cc3c3cc(-c4cccc(C#N)c4)ccc32)c1. The molecule has 8 heteroatoms. The van der Waals surface area contributed by atoms with Crippen LogP contribution in [0.25, 0.3) is 120 Å². The fourth-order valence-corrected chi connectivity index (χ4v) is 10.1. The third-order valence-corrected chi connectivity index (χ3v) is 13.5. The summed E-state index contributed by atoms with van der Waals surface area (Å²) < 4.78 is 4.50. The molecule has 9 aromatic carbocycles. The molecule has 0 fully saturated rings. The van der Waals surface area contributed by atoms with Crippen molar-refractivity contribution in [2.24, 2.45) is 0 Å². The number of pyridine rings is 1. The second kappa shape index (κ2) is 17.4. The van der Waals surface area contributed by atoms with Crippen molar-refractivity contribution in [3.05, 3.63) is 246 Å². The Balaban J connectivity index is 1.11. The highest BCUT2D eigenvalue weighted by molar-refractivity contribution is 6.14. The Hall–Kier alpha value is -10.8. The Labute approximate surface area is 414 Å². The van der Waals surface area contributed by atoms with E-state index in [9.17, 15) is 15.8 Å². The zero-order chi connectivity index (χ0) is 48.9. The van der Waals surface area contributed by atoms with Crippen molar-refractivity contribution in [1.29, 1.82) is 15.8 Å². The van der Waals surface area contributed by atoms with Crippen LogP contribution in [0.15, 0.2) is 207 Å². The number of nitriles is 3. The molecular weight excluding hydrogens is 881 g/mol. The van der Waals surface area contributed by atoms with Crippen LogP contribution in [-0.2, 0) is 0 Å². The first-order valence-electron chi connectivity index (χ1n) is 23.1. The quantitative estimate of drug-likeness (QED) is 0.149. The lowest BCUT2D eigenvalue weighted by Gasteiger charge is -2.18. The minimum Gasteiger partial charge on any atom is -0.309 e. The monoisotopic (exact) mass is 914 g/mol. The number of benzene rings is 9. The summed E-state index contributed by atoms with van der Waals surface area (Å²) in [7, 11) is 0. The minimum atomic E-state index is 0.493. The van der Waals surface area contributed by atoms with Gasteiger partial charge < -0.3 is 9.13 Å². The molecule has 0 saturated heterocycles. The molecule has 330 valence electrons. The Kier molecular flexibility index (Phi) is 10.3. The normalized spacial score (nSPS) is 11.0. The first-order valence-corrected chi connectivity index (χ1v) is 23.1. The third-order valence-electron chi connectivity index (χ3n) is 13.5. The van der Waals surface area contributed by atoms with E-state index in [0.29, 0.717) is 28.1 Å². The van der Waals surface area contributed by atoms with Crippen LogP contribution >= 0.6 is 0 Å². The molecule has 3 aromatic heterocycles. The van der Waals surface area contributed by atoms with Crippen LogP contribution in [0.2, 0.25) is 0 Å². The van der Waals surface area contributed by atoms with Gasteiger partial charge in [-0.25, -0.2) is 9.69 Å². The first-order chi connectivity index (χ1) is 35.4. The summed E-state index contributed by atoms with van der Waals surface area (Å²) in [5.74, 6) is 0. The summed E-state index contributed by atoms with van der Waals surface area (Å²) in [6.45, 7) is 15.4. The van der Waals surface area contributed by atoms with E-state index in [1.165, 1.54) is 0 Å². The van der Waals surface area contributed by atoms with E-state index in [2.05, 4.69) is 110 Å². The van der Waals surface area contributed by atoms with E-state index in [1.54, 1.807) is 18.3 Å². The van der Waals surface area contributed by atoms with E-state index < -0.39 is 0 Å². The maximum Gasteiger partial charge on any atom is 0.187 e. The summed E-state index contributed by atoms with van der Waals surface area (Å²) in [5, 5.41) is 34.1. The lowest BCUT2D eigenvalue weighted by Crippen LogP contribution is -2.02. The predicted octanol–water partition coefficient (Wildman–Crippen LogP) is 16.3. The van der Waals surface area contributed by atoms with Gasteiger partial charge in [0.1, 0.15) is 0 Å². The molecule has 0 unspecified atom stereocenters. The summed E-state index contributed by atoms with van der Waals surface area (Å²) in [5.41, 5.74) is 17.4. The molecule has 12 rings (SSSR count). The molecule has 12 aromatic rings. The maximum absolute atomic E-state index is 10.5. The number of aromatic nitrogens is 3. The van der Waals surface area contributed by atoms with Crippen LogP contribution in [0.3, 0.4) is 0 Å². The smallest absolute Gasteiger partial charge is 0.187 e. The van der Waals surface area contributed by atoms with Gasteiger partial charge in [0.15, 0.2) is 11.4 Å². The van der Waals surface area contributed by atoms with Crippen molar-refractivity contribution in [2.75, 3.05) is 0 Å². The average Bonchev–Trinajstić information content (AvgIpc) is 3.96. The van der Waals surface area contributed by atoms with Crippen molar-refractivity contribution >= 4 is 55.0 Å². The Morgan fingerprint density at radius 1 is 0.361 bits per heavy atom. The molecule has 0 bridgehead atoms. The topological polar surface area (TPSA) is 103 Å². The summed E-state index contributed by atoms with van der Waals surface area (Å²) in [6.07, 6.45) is 3.69. The Morgan fingerprint density at radius 2 is 0.750 bits per heavy atom. The van der Waals surface area contributed by atoms with E-state index >= 15 is 0 Å². The van der Waals surface area contributed by atoms with E-state index in [-0.39, 0.29) is 0 Å². The molecule has 0 spiro atoms. The molecule has 0 radical (unpaired) electrons. The highest BCUT2D eigenvalue weighted by Gasteiger charge is 2.23. The second-order valence-corrected chi connectivity index (χ2v) is 17.5. The van der Waals surface area contributed by atoms with Crippen LogP contribution in [0, 0.1) is 47.1 Å². The fraction of sp³-hybridized carbons (Fsp3) is 0. The van der Waals surface area contributed by atoms with Crippen LogP contribution in [0.1, 0.15) is 16.7 Å². The third kappa shape index (κ3) is 7.17. The number of rotatable bonds is 7. The molecule has 0 saturated carbocycles. The van der Waals surface area contributed by atoms with Gasteiger partial charge in [0.2, 0.25) is 0 Å². The van der Waals surface area contributed by atoms with E-state index in [4.69, 9.17) is 18.1 Å². The zero-order valence-electron chi connectivity index (χ0n) is 38.2. The van der Waals surface area contributed by atoms with Crippen LogP contribution < -0.4 is 0 Å². The van der Waals surface area contributed by atoms with Crippen molar-refractivity contribution in [1.82, 2.24) is 14.1 Å². The van der Waals surface area contributed by atoms with Gasteiger partial charge in [-0.3, -0.25) is 4.98 Å². The largest absolute Gasteiger partial charge is 0.309 e. The van der Waals surface area contributed by atoms with Crippen molar-refractivity contribution < 1.29 is 0 Å². The Bertz CT molecular complexity index is 4250. The minimum absolute atomic E-state index is 0.493. The van der Waals surface area contributed by atoms with Gasteiger partial charge in [-0.1, -0.05) is 91.0 Å². The molecular formula is C64H34N8. The highest BCUT2D eigenvalue weighted by atomic mass is 15.0. The number of hydrogen-bond acceptors (Lipinski definition) is 4. The Morgan fingerprint density at radius 3 is 1.18 bits per heavy atom. The second-order valence-electron chi connectivity index (χ2n) is 17.5. The van der Waals surface area contributed by atoms with Crippen LogP contribution in [-0.4, -0.2) is 14.1 Å². The van der Waals surface area contributed by atoms with Gasteiger partial charge in [0, 0.05) is 45.1 Å². The lowest BCUT2D eigenvalue weighted by molar-refractivity contribution is 1.14. The van der Waals surface area contributed by atoms with Crippen molar-refractivity contribution in [3.8, 4) is 85.2 Å². The van der Waals surface area contributed by atoms with Crippen LogP contribution in [0.5, 0.6) is 0 Å². The highest BCUT2D eigenvalue weighted by Crippen LogP contribution is 2.44. The molecule has 72 heavy (non-hydrogen) atoms. The maximum atomic E-state index is 10.5. The lowest BCUT2D eigenvalue weighted by atomic mass is 9.99. The summed E-state index contributed by atoms with van der Waals surface area (Å²) in [4.78, 5) is 12.2. The summed E-state index contributed by atoms with van der Waals surface area (Å²) in [6, 6.07) is 70.9. The van der Waals surface area contributed by atoms with E-state index in [0.717, 1.165) is 111 Å². The van der Waals surface area contributed by atoms with Crippen molar-refractivity contribution in [3.63, 3.8) is 0 Å². The molecule has 0 amide bonds. The van der Waals surface area contributed by atoms with Crippen molar-refractivity contribution in [2.45, 2.75) is 0 Å². The van der Waals surface area contributed by atoms with Crippen LogP contribution in [0.4, 0.5) is 11.4 Å². The van der Waals surface area contributed by atoms with Gasteiger partial charge in [-0.05, 0) is 148 Å².